The molecule has 0 unspecified atom stereocenters. The van der Waals surface area contributed by atoms with Crippen molar-refractivity contribution in [2.24, 2.45) is 0 Å². The highest BCUT2D eigenvalue weighted by atomic mass is 14.8. The minimum atomic E-state index is 0.818. The summed E-state index contributed by atoms with van der Waals surface area (Å²) in [5, 5.41) is 1.10. The maximum Gasteiger partial charge on any atom is 0.159 e. The minimum absolute atomic E-state index is 0.818. The smallest absolute Gasteiger partial charge is 0.159 e. The summed E-state index contributed by atoms with van der Waals surface area (Å²) in [5.74, 6) is 0. The summed E-state index contributed by atoms with van der Waals surface area (Å²) < 4.78 is 0. The average Bonchev–Trinajstić information content (AvgIpc) is 2.21. The molecule has 0 amide bonds. The highest BCUT2D eigenvalue weighted by Crippen LogP contribution is 2.08. The Morgan fingerprint density at radius 3 is 2.69 bits per heavy atom. The lowest BCUT2D eigenvalue weighted by molar-refractivity contribution is 1.26. The molecule has 0 radical (unpaired) electrons. The third-order valence-electron chi connectivity index (χ3n) is 1.59. The maximum absolute atomic E-state index is 4.17. The van der Waals surface area contributed by atoms with Gasteiger partial charge in [0.25, 0.3) is 0 Å². The molecule has 0 aliphatic heterocycles. The van der Waals surface area contributed by atoms with E-state index in [2.05, 4.69) is 16.0 Å². The second-order valence-corrected chi connectivity index (χ2v) is 2.56. The molecule has 0 saturated carbocycles. The zero-order valence-electron chi connectivity index (χ0n) is 8.28. The summed E-state index contributed by atoms with van der Waals surface area (Å²) in [4.78, 5) is 8.28. The topological polar surface area (TPSA) is 25.8 Å². The van der Waals surface area contributed by atoms with E-state index in [9.17, 15) is 0 Å². The maximum atomic E-state index is 4.17. The van der Waals surface area contributed by atoms with Gasteiger partial charge in [-0.25, -0.2) is 9.97 Å². The minimum Gasteiger partial charge on any atom is -0.237 e. The molecular weight excluding hydrogens is 160 g/mol. The first-order chi connectivity index (χ1) is 6.36. The monoisotopic (exact) mass is 174 g/mol. The van der Waals surface area contributed by atoms with Crippen LogP contribution in [-0.2, 0) is 0 Å². The van der Waals surface area contributed by atoms with Crippen LogP contribution in [0.4, 0.5) is 0 Å². The van der Waals surface area contributed by atoms with Gasteiger partial charge in [0.2, 0.25) is 0 Å². The summed E-state index contributed by atoms with van der Waals surface area (Å²) in [6.07, 6.45) is 3.58. The van der Waals surface area contributed by atoms with Gasteiger partial charge in [0.15, 0.2) is 5.65 Å². The Bertz CT molecular complexity index is 383. The van der Waals surface area contributed by atoms with Crippen LogP contribution in [0.2, 0.25) is 0 Å². The summed E-state index contributed by atoms with van der Waals surface area (Å²) >= 11 is 0. The molecule has 0 aromatic carbocycles. The molecule has 0 N–H and O–H groups in total. The van der Waals surface area contributed by atoms with Crippen LogP contribution in [0.25, 0.3) is 11.0 Å². The number of pyridine rings is 2. The number of aromatic nitrogens is 2. The second kappa shape index (κ2) is 4.55. The molecule has 0 spiro atoms. The molecule has 0 bridgehead atoms. The number of fused-ring (bicyclic) bond motifs is 1. The summed E-state index contributed by atoms with van der Waals surface area (Å²) in [6.45, 7) is 6.03. The van der Waals surface area contributed by atoms with Crippen molar-refractivity contribution in [2.75, 3.05) is 0 Å². The highest BCUT2D eigenvalue weighted by molar-refractivity contribution is 5.74. The third-order valence-corrected chi connectivity index (χ3v) is 1.59. The first kappa shape index (κ1) is 9.65. The van der Waals surface area contributed by atoms with Crippen LogP contribution < -0.4 is 0 Å². The van der Waals surface area contributed by atoms with Gasteiger partial charge in [-0.3, -0.25) is 0 Å². The van der Waals surface area contributed by atoms with Crippen LogP contribution in [-0.4, -0.2) is 9.97 Å². The number of rotatable bonds is 0. The van der Waals surface area contributed by atoms with E-state index in [1.807, 2.05) is 39.1 Å². The van der Waals surface area contributed by atoms with Crippen LogP contribution >= 0.6 is 0 Å². The van der Waals surface area contributed by atoms with Gasteiger partial charge in [0.05, 0.1) is 0 Å². The molecule has 2 aromatic heterocycles. The standard InChI is InChI=1S/C9H8N2.C2H6/c1-7-5-8-3-2-4-10-9(8)11-6-7;1-2/h2-6H,1H3;1-2H3. The SMILES string of the molecule is CC.Cc1cnc2ncccc2c1. The Labute approximate surface area is 78.7 Å². The van der Waals surface area contributed by atoms with Crippen LogP contribution in [0, 0.1) is 6.92 Å². The molecule has 0 saturated heterocycles. The Balaban J connectivity index is 0.000000396. The van der Waals surface area contributed by atoms with Crippen molar-refractivity contribution in [3.8, 4) is 0 Å². The predicted molar refractivity (Wildman–Crippen MR) is 55.6 cm³/mol. The Kier molecular flexibility index (Phi) is 3.38. The van der Waals surface area contributed by atoms with Gasteiger partial charge < -0.3 is 0 Å². The van der Waals surface area contributed by atoms with Crippen molar-refractivity contribution in [2.45, 2.75) is 20.8 Å². The van der Waals surface area contributed by atoms with Crippen LogP contribution in [0.5, 0.6) is 0 Å². The van der Waals surface area contributed by atoms with Gasteiger partial charge in [0.1, 0.15) is 0 Å². The van der Waals surface area contributed by atoms with E-state index >= 15 is 0 Å². The van der Waals surface area contributed by atoms with Crippen molar-refractivity contribution in [1.82, 2.24) is 9.97 Å². The zero-order chi connectivity index (χ0) is 9.68. The molecule has 2 heteroatoms. The lowest BCUT2D eigenvalue weighted by Crippen LogP contribution is -1.82. The van der Waals surface area contributed by atoms with Crippen molar-refractivity contribution < 1.29 is 0 Å². The highest BCUT2D eigenvalue weighted by Gasteiger charge is 1.92. The fraction of sp³-hybridized carbons (Fsp3) is 0.273. The summed E-state index contributed by atoms with van der Waals surface area (Å²) in [5.41, 5.74) is 1.99. The van der Waals surface area contributed by atoms with Crippen LogP contribution in [0.3, 0.4) is 0 Å². The number of hydrogen-bond donors (Lipinski definition) is 0. The quantitative estimate of drug-likeness (QED) is 0.613. The van der Waals surface area contributed by atoms with E-state index in [0.717, 1.165) is 11.0 Å². The van der Waals surface area contributed by atoms with Gasteiger partial charge in [-0.15, -0.1) is 0 Å². The summed E-state index contributed by atoms with van der Waals surface area (Å²) in [7, 11) is 0. The lowest BCUT2D eigenvalue weighted by Gasteiger charge is -1.94. The number of hydrogen-bond acceptors (Lipinski definition) is 2. The van der Waals surface area contributed by atoms with E-state index < -0.39 is 0 Å². The van der Waals surface area contributed by atoms with E-state index in [1.54, 1.807) is 6.20 Å². The summed E-state index contributed by atoms with van der Waals surface area (Å²) in [6, 6.07) is 6.02. The normalized spacial score (nSPS) is 9.15. The van der Waals surface area contributed by atoms with Crippen LogP contribution in [0.15, 0.2) is 30.6 Å². The van der Waals surface area contributed by atoms with Gasteiger partial charge >= 0.3 is 0 Å². The predicted octanol–water partition coefficient (Wildman–Crippen LogP) is 2.96. The van der Waals surface area contributed by atoms with Gasteiger partial charge in [-0.2, -0.15) is 0 Å². The molecule has 0 atom stereocenters. The Morgan fingerprint density at radius 2 is 1.92 bits per heavy atom. The van der Waals surface area contributed by atoms with Gasteiger partial charge in [-0.05, 0) is 30.7 Å². The molecular formula is C11H14N2. The molecule has 0 aliphatic rings. The molecule has 2 aromatic rings. The molecule has 2 heterocycles. The largest absolute Gasteiger partial charge is 0.237 e. The van der Waals surface area contributed by atoms with Crippen molar-refractivity contribution in [3.63, 3.8) is 0 Å². The molecule has 0 fully saturated rings. The van der Waals surface area contributed by atoms with Gasteiger partial charge in [0, 0.05) is 17.8 Å². The molecule has 0 aliphatic carbocycles. The van der Waals surface area contributed by atoms with Crippen molar-refractivity contribution >= 4 is 11.0 Å². The zero-order valence-corrected chi connectivity index (χ0v) is 8.28. The average molecular weight is 174 g/mol. The van der Waals surface area contributed by atoms with E-state index in [1.165, 1.54) is 5.56 Å². The lowest BCUT2D eigenvalue weighted by atomic mass is 10.2. The van der Waals surface area contributed by atoms with E-state index in [4.69, 9.17) is 0 Å². The Hall–Kier alpha value is -1.44. The molecule has 68 valence electrons. The second-order valence-electron chi connectivity index (χ2n) is 2.56. The van der Waals surface area contributed by atoms with Crippen LogP contribution in [0.1, 0.15) is 19.4 Å². The molecule has 2 rings (SSSR count). The fourth-order valence-corrected chi connectivity index (χ4v) is 1.08. The van der Waals surface area contributed by atoms with Gasteiger partial charge in [-0.1, -0.05) is 13.8 Å². The van der Waals surface area contributed by atoms with E-state index in [0.29, 0.717) is 0 Å². The van der Waals surface area contributed by atoms with E-state index in [-0.39, 0.29) is 0 Å². The number of nitrogens with zero attached hydrogens (tertiary/aromatic N) is 2. The van der Waals surface area contributed by atoms with Crippen molar-refractivity contribution in [1.29, 1.82) is 0 Å². The number of aryl methyl sites for hydroxylation is 1. The first-order valence-corrected chi connectivity index (χ1v) is 4.53. The third kappa shape index (κ3) is 2.25. The molecule has 2 nitrogen and oxygen atoms in total. The molecule has 13 heavy (non-hydrogen) atoms. The van der Waals surface area contributed by atoms with Crippen molar-refractivity contribution in [3.05, 3.63) is 36.2 Å². The Morgan fingerprint density at radius 1 is 1.15 bits per heavy atom. The fourth-order valence-electron chi connectivity index (χ4n) is 1.08. The first-order valence-electron chi connectivity index (χ1n) is 4.53.